The summed E-state index contributed by atoms with van der Waals surface area (Å²) in [6, 6.07) is 5.22. The number of aromatic nitrogens is 2. The van der Waals surface area contributed by atoms with Crippen LogP contribution in [0.3, 0.4) is 0 Å². The third kappa shape index (κ3) is 6.28. The van der Waals surface area contributed by atoms with Gasteiger partial charge in [0, 0.05) is 43.4 Å². The molecule has 0 spiro atoms. The van der Waals surface area contributed by atoms with Crippen molar-refractivity contribution in [2.24, 2.45) is 5.73 Å². The van der Waals surface area contributed by atoms with Crippen molar-refractivity contribution in [2.45, 2.75) is 57.8 Å². The molecule has 10 nitrogen and oxygen atoms in total. The summed E-state index contributed by atoms with van der Waals surface area (Å²) >= 11 is 0. The van der Waals surface area contributed by atoms with Gasteiger partial charge in [0.25, 0.3) is 5.91 Å². The van der Waals surface area contributed by atoms with E-state index in [9.17, 15) is 18.7 Å². The first kappa shape index (κ1) is 25.3. The van der Waals surface area contributed by atoms with Crippen molar-refractivity contribution in [3.05, 3.63) is 36.2 Å². The quantitative estimate of drug-likeness (QED) is 0.554. The molecule has 0 aliphatic carbocycles. The molecule has 1 atom stereocenters. The van der Waals surface area contributed by atoms with Crippen LogP contribution in [-0.4, -0.2) is 72.1 Å². The molecule has 35 heavy (non-hydrogen) atoms. The molecule has 2 amide bonds. The van der Waals surface area contributed by atoms with Crippen LogP contribution in [0, 0.1) is 0 Å². The van der Waals surface area contributed by atoms with Gasteiger partial charge in [-0.05, 0) is 44.9 Å². The highest BCUT2D eigenvalue weighted by Gasteiger charge is 2.31. The maximum Gasteiger partial charge on any atom is 0.410 e. The zero-order valence-electron chi connectivity index (χ0n) is 20.3. The van der Waals surface area contributed by atoms with Crippen molar-refractivity contribution in [3.8, 4) is 16.9 Å². The van der Waals surface area contributed by atoms with E-state index >= 15 is 0 Å². The molecule has 192 valence electrons. The number of amides is 2. The van der Waals surface area contributed by atoms with Gasteiger partial charge in [-0.1, -0.05) is 6.07 Å². The number of ether oxygens (including phenoxy) is 2. The molecule has 2 aliphatic heterocycles. The van der Waals surface area contributed by atoms with Crippen LogP contribution in [-0.2, 0) is 4.74 Å². The Morgan fingerprint density at radius 2 is 1.86 bits per heavy atom. The summed E-state index contributed by atoms with van der Waals surface area (Å²) in [4.78, 5) is 26.2. The highest BCUT2D eigenvalue weighted by atomic mass is 32.3. The van der Waals surface area contributed by atoms with Gasteiger partial charge in [0.05, 0.1) is 23.6 Å². The summed E-state index contributed by atoms with van der Waals surface area (Å²) in [5.74, 6) is 0.515. The lowest BCUT2D eigenvalue weighted by Crippen LogP contribution is -2.44. The normalized spacial score (nSPS) is 21.5. The average Bonchev–Trinajstić information content (AvgIpc) is 3.39. The maximum absolute atomic E-state index is 12.3. The molecule has 2 aliphatic rings. The minimum atomic E-state index is -2.52. The Hall–Kier alpha value is -2.76. The molecule has 11 heteroatoms. The zero-order chi connectivity index (χ0) is 25.4. The number of piperidine rings is 1. The van der Waals surface area contributed by atoms with E-state index in [0.29, 0.717) is 49.6 Å². The number of primary amides is 1. The zero-order valence-corrected chi connectivity index (χ0v) is 21.2. The van der Waals surface area contributed by atoms with E-state index < -0.39 is 22.1 Å². The molecule has 2 aromatic rings. The molecular weight excluding hydrogens is 472 g/mol. The number of likely N-dealkylation sites (tertiary alicyclic amines) is 1. The first-order chi connectivity index (χ1) is 16.4. The molecule has 0 saturated carbocycles. The average molecular weight is 507 g/mol. The van der Waals surface area contributed by atoms with Crippen LogP contribution in [0.2, 0.25) is 0 Å². The van der Waals surface area contributed by atoms with Crippen molar-refractivity contribution in [3.63, 3.8) is 0 Å². The van der Waals surface area contributed by atoms with Crippen LogP contribution in [0.4, 0.5) is 4.79 Å². The fraction of sp³-hybridized carbons (Fsp3) is 0.542. The fourth-order valence-corrected chi connectivity index (χ4v) is 6.11. The van der Waals surface area contributed by atoms with Crippen molar-refractivity contribution < 1.29 is 28.2 Å². The summed E-state index contributed by atoms with van der Waals surface area (Å²) in [6.45, 7) is 6.53. The summed E-state index contributed by atoms with van der Waals surface area (Å²) in [5.41, 5.74) is 6.96. The number of benzene rings is 1. The molecule has 2 saturated heterocycles. The number of hydrogen-bond acceptors (Lipinski definition) is 7. The molecule has 0 bridgehead atoms. The van der Waals surface area contributed by atoms with Crippen LogP contribution >= 0.6 is 10.6 Å². The first-order valence-electron chi connectivity index (χ1n) is 11.8. The molecule has 3 heterocycles. The fourth-order valence-electron chi connectivity index (χ4n) is 4.36. The van der Waals surface area contributed by atoms with Crippen LogP contribution in [0.25, 0.3) is 11.1 Å². The largest absolute Gasteiger partial charge is 0.489 e. The van der Waals surface area contributed by atoms with E-state index in [0.717, 1.165) is 11.1 Å². The topological polar surface area (TPSA) is 140 Å². The van der Waals surface area contributed by atoms with E-state index in [1.54, 1.807) is 27.9 Å². The Morgan fingerprint density at radius 1 is 1.14 bits per heavy atom. The Morgan fingerprint density at radius 3 is 2.46 bits per heavy atom. The Kier molecular flexibility index (Phi) is 7.03. The van der Waals surface area contributed by atoms with E-state index in [1.165, 1.54) is 0 Å². The molecule has 1 aromatic carbocycles. The molecule has 2 fully saturated rings. The predicted octanol–water partition coefficient (Wildman–Crippen LogP) is 4.12. The van der Waals surface area contributed by atoms with Crippen molar-refractivity contribution in [1.82, 2.24) is 14.7 Å². The Bertz CT molecular complexity index is 1090. The Labute approximate surface area is 206 Å². The second-order valence-corrected chi connectivity index (χ2v) is 12.5. The summed E-state index contributed by atoms with van der Waals surface area (Å²) in [7, 11) is -2.52. The van der Waals surface area contributed by atoms with Gasteiger partial charge in [-0.15, -0.1) is 0 Å². The van der Waals surface area contributed by atoms with Crippen LogP contribution in [0.15, 0.2) is 30.6 Å². The second-order valence-electron chi connectivity index (χ2n) is 10.2. The van der Waals surface area contributed by atoms with Gasteiger partial charge in [-0.3, -0.25) is 18.6 Å². The van der Waals surface area contributed by atoms with Crippen molar-refractivity contribution >= 4 is 22.6 Å². The maximum atomic E-state index is 12.3. The van der Waals surface area contributed by atoms with Crippen LogP contribution in [0.5, 0.6) is 5.75 Å². The summed E-state index contributed by atoms with van der Waals surface area (Å²) < 4.78 is 33.1. The van der Waals surface area contributed by atoms with E-state index in [1.807, 2.05) is 33.0 Å². The van der Waals surface area contributed by atoms with Gasteiger partial charge in [-0.2, -0.15) is 15.7 Å². The van der Waals surface area contributed by atoms with Crippen molar-refractivity contribution in [1.29, 1.82) is 0 Å². The van der Waals surface area contributed by atoms with Gasteiger partial charge in [0.2, 0.25) is 0 Å². The van der Waals surface area contributed by atoms with Gasteiger partial charge in [0.15, 0.2) is 0 Å². The number of hydrogen-bond donors (Lipinski definition) is 3. The SMILES string of the molecule is CC(C)(C)OC(=O)N1CCC(Oc2ccc(-c3cnn(C4CCS(O)(O)C4)c3)cc2C(N)=O)CC1. The molecule has 0 radical (unpaired) electrons. The molecule has 4 N–H and O–H groups in total. The smallest absolute Gasteiger partial charge is 0.410 e. The van der Waals surface area contributed by atoms with E-state index in [-0.39, 0.29) is 23.8 Å². The molecule has 1 aromatic heterocycles. The second kappa shape index (κ2) is 9.71. The summed E-state index contributed by atoms with van der Waals surface area (Å²) in [5, 5.41) is 4.39. The standard InChI is InChI=1S/C24H34N4O6S/c1-24(2,3)34-23(30)27-9-6-19(7-10-27)33-21-5-4-16(12-20(21)22(25)29)17-13-26-28(14-17)18-8-11-35(31,32)15-18/h4-5,12-14,18-19,31-32H,6-11,15H2,1-3H3,(H2,25,29). The number of nitrogens with two attached hydrogens (primary N) is 1. The molecule has 4 rings (SSSR count). The van der Waals surface area contributed by atoms with Gasteiger partial charge < -0.3 is 20.1 Å². The van der Waals surface area contributed by atoms with Gasteiger partial charge >= 0.3 is 6.09 Å². The van der Waals surface area contributed by atoms with Crippen LogP contribution < -0.4 is 10.5 Å². The lowest BCUT2D eigenvalue weighted by Gasteiger charge is -2.33. The summed E-state index contributed by atoms with van der Waals surface area (Å²) in [6.07, 6.45) is 4.95. The van der Waals surface area contributed by atoms with E-state index in [4.69, 9.17) is 15.2 Å². The molecular formula is C24H34N4O6S. The monoisotopic (exact) mass is 506 g/mol. The van der Waals surface area contributed by atoms with Crippen LogP contribution in [0.1, 0.15) is 56.4 Å². The lowest BCUT2D eigenvalue weighted by atomic mass is 10.0. The van der Waals surface area contributed by atoms with Gasteiger partial charge in [-0.25, -0.2) is 4.79 Å². The highest BCUT2D eigenvalue weighted by Crippen LogP contribution is 2.50. The number of carbonyl (C=O) groups is 2. The lowest BCUT2D eigenvalue weighted by molar-refractivity contribution is 0.0126. The first-order valence-corrected chi connectivity index (χ1v) is 13.7. The molecule has 1 unspecified atom stereocenters. The number of nitrogens with zero attached hydrogens (tertiary/aromatic N) is 3. The number of rotatable bonds is 5. The highest BCUT2D eigenvalue weighted by molar-refractivity contribution is 8.24. The van der Waals surface area contributed by atoms with E-state index in [2.05, 4.69) is 5.10 Å². The van der Waals surface area contributed by atoms with Gasteiger partial charge in [0.1, 0.15) is 17.5 Å². The third-order valence-corrected chi connectivity index (χ3v) is 7.99. The minimum absolute atomic E-state index is 0.0569. The van der Waals surface area contributed by atoms with Crippen molar-refractivity contribution in [2.75, 3.05) is 24.6 Å². The number of carbonyl (C=O) groups excluding carboxylic acids is 2. The predicted molar refractivity (Wildman–Crippen MR) is 134 cm³/mol. The third-order valence-electron chi connectivity index (χ3n) is 6.18. The Balaban J connectivity index is 1.42. The minimum Gasteiger partial charge on any atom is -0.489 e.